The Morgan fingerprint density at radius 2 is 2.14 bits per heavy atom. The normalized spacial score (nSPS) is 12.0. The van der Waals surface area contributed by atoms with Gasteiger partial charge in [0.2, 0.25) is 0 Å². The molecule has 1 amide bonds. The monoisotopic (exact) mass is 374 g/mol. The molecule has 2 aromatic rings. The number of carbonyl (C=O) groups excluding carboxylic acids is 1. The number of rotatable bonds is 6. The Morgan fingerprint density at radius 1 is 1.38 bits per heavy atom. The van der Waals surface area contributed by atoms with E-state index in [1.165, 1.54) is 0 Å². The lowest BCUT2D eigenvalue weighted by Crippen LogP contribution is -2.37. The molecule has 0 aliphatic carbocycles. The molecule has 0 bridgehead atoms. The maximum Gasteiger partial charge on any atom is 0.267 e. The summed E-state index contributed by atoms with van der Waals surface area (Å²) in [5.41, 5.74) is 12.8. The summed E-state index contributed by atoms with van der Waals surface area (Å²) in [6, 6.07) is 7.63. The maximum atomic E-state index is 12.0. The number of aromatic amines is 1. The SMILES string of the molecule is Cl.NCCCC(N)CNC(=O)c1cc2ccc(Br)cc2[nH]1. The van der Waals surface area contributed by atoms with E-state index in [0.717, 1.165) is 28.2 Å². The Balaban J connectivity index is 0.00000220. The molecule has 1 heterocycles. The zero-order valence-corrected chi connectivity index (χ0v) is 14.0. The van der Waals surface area contributed by atoms with Crippen LogP contribution in [-0.4, -0.2) is 30.0 Å². The lowest BCUT2D eigenvalue weighted by molar-refractivity contribution is 0.0946. The minimum absolute atomic E-state index is 0. The van der Waals surface area contributed by atoms with Crippen molar-refractivity contribution in [1.82, 2.24) is 10.3 Å². The van der Waals surface area contributed by atoms with Crippen LogP contribution in [0.1, 0.15) is 23.3 Å². The molecule has 2 rings (SSSR count). The van der Waals surface area contributed by atoms with Gasteiger partial charge in [-0.05, 0) is 37.6 Å². The highest BCUT2D eigenvalue weighted by Crippen LogP contribution is 2.20. The van der Waals surface area contributed by atoms with E-state index in [4.69, 9.17) is 11.5 Å². The molecule has 0 aliphatic heterocycles. The van der Waals surface area contributed by atoms with Gasteiger partial charge in [-0.15, -0.1) is 12.4 Å². The fourth-order valence-corrected chi connectivity index (χ4v) is 2.38. The van der Waals surface area contributed by atoms with E-state index < -0.39 is 0 Å². The highest BCUT2D eigenvalue weighted by Gasteiger charge is 2.11. The molecule has 1 atom stereocenters. The number of hydrogen-bond donors (Lipinski definition) is 4. The van der Waals surface area contributed by atoms with Crippen LogP contribution in [0, 0.1) is 0 Å². The third-order valence-electron chi connectivity index (χ3n) is 3.13. The van der Waals surface area contributed by atoms with Crippen LogP contribution >= 0.6 is 28.3 Å². The van der Waals surface area contributed by atoms with Gasteiger partial charge >= 0.3 is 0 Å². The number of aromatic nitrogens is 1. The number of benzene rings is 1. The Kier molecular flexibility index (Phi) is 7.17. The molecular weight excluding hydrogens is 356 g/mol. The van der Waals surface area contributed by atoms with E-state index in [1.807, 2.05) is 24.3 Å². The molecule has 0 saturated heterocycles. The van der Waals surface area contributed by atoms with E-state index >= 15 is 0 Å². The van der Waals surface area contributed by atoms with Gasteiger partial charge < -0.3 is 21.8 Å². The number of hydrogen-bond acceptors (Lipinski definition) is 3. The molecule has 116 valence electrons. The Bertz CT molecular complexity index is 602. The Labute approximate surface area is 138 Å². The molecule has 1 aromatic heterocycles. The Morgan fingerprint density at radius 3 is 2.86 bits per heavy atom. The number of halogens is 2. The highest BCUT2D eigenvalue weighted by atomic mass is 79.9. The van der Waals surface area contributed by atoms with Crippen LogP contribution in [0.2, 0.25) is 0 Å². The second-order valence-corrected chi connectivity index (χ2v) is 5.73. The van der Waals surface area contributed by atoms with Crippen molar-refractivity contribution in [2.24, 2.45) is 11.5 Å². The van der Waals surface area contributed by atoms with Gasteiger partial charge in [-0.25, -0.2) is 0 Å². The summed E-state index contributed by atoms with van der Waals surface area (Å²) in [6.07, 6.45) is 1.69. The number of nitrogens with two attached hydrogens (primary N) is 2. The minimum atomic E-state index is -0.138. The van der Waals surface area contributed by atoms with Crippen molar-refractivity contribution >= 4 is 45.1 Å². The van der Waals surface area contributed by atoms with Crippen molar-refractivity contribution in [1.29, 1.82) is 0 Å². The van der Waals surface area contributed by atoms with Crippen LogP contribution in [0.4, 0.5) is 0 Å². The first-order chi connectivity index (χ1) is 9.60. The van der Waals surface area contributed by atoms with Crippen LogP contribution < -0.4 is 16.8 Å². The zero-order chi connectivity index (χ0) is 14.5. The summed E-state index contributed by atoms with van der Waals surface area (Å²) >= 11 is 3.41. The van der Waals surface area contributed by atoms with Crippen LogP contribution in [0.3, 0.4) is 0 Å². The van der Waals surface area contributed by atoms with Crippen molar-refractivity contribution in [2.45, 2.75) is 18.9 Å². The van der Waals surface area contributed by atoms with Crippen LogP contribution in [0.15, 0.2) is 28.7 Å². The zero-order valence-electron chi connectivity index (χ0n) is 11.6. The van der Waals surface area contributed by atoms with Crippen LogP contribution in [0.25, 0.3) is 10.9 Å². The van der Waals surface area contributed by atoms with E-state index in [-0.39, 0.29) is 24.4 Å². The first kappa shape index (κ1) is 18.0. The summed E-state index contributed by atoms with van der Waals surface area (Å²) in [5, 5.41) is 3.84. The molecule has 1 aromatic carbocycles. The first-order valence-corrected chi connectivity index (χ1v) is 7.41. The molecule has 0 fully saturated rings. The number of amides is 1. The summed E-state index contributed by atoms with van der Waals surface area (Å²) in [6.45, 7) is 1.08. The lowest BCUT2D eigenvalue weighted by atomic mass is 10.1. The maximum absolute atomic E-state index is 12.0. The first-order valence-electron chi connectivity index (χ1n) is 6.62. The molecule has 7 heteroatoms. The number of nitrogens with one attached hydrogen (secondary N) is 2. The predicted molar refractivity (Wildman–Crippen MR) is 91.8 cm³/mol. The highest BCUT2D eigenvalue weighted by molar-refractivity contribution is 9.10. The van der Waals surface area contributed by atoms with Crippen molar-refractivity contribution in [3.05, 3.63) is 34.4 Å². The minimum Gasteiger partial charge on any atom is -0.350 e. The molecule has 0 radical (unpaired) electrons. The summed E-state index contributed by atoms with van der Waals surface area (Å²) in [4.78, 5) is 15.1. The quantitative estimate of drug-likeness (QED) is 0.623. The summed E-state index contributed by atoms with van der Waals surface area (Å²) in [7, 11) is 0. The van der Waals surface area contributed by atoms with Crippen molar-refractivity contribution < 1.29 is 4.79 Å². The standard InChI is InChI=1S/C14H19BrN4O.ClH/c15-10-4-3-9-6-13(19-12(9)7-10)14(20)18-8-11(17)2-1-5-16;/h3-4,6-7,11,19H,1-2,5,8,16-17H2,(H,18,20);1H. The van der Waals surface area contributed by atoms with Gasteiger partial charge in [0.15, 0.2) is 0 Å². The molecule has 6 N–H and O–H groups in total. The fourth-order valence-electron chi connectivity index (χ4n) is 2.02. The topological polar surface area (TPSA) is 96.9 Å². The van der Waals surface area contributed by atoms with Crippen LogP contribution in [0.5, 0.6) is 0 Å². The number of H-pyrrole nitrogens is 1. The fraction of sp³-hybridized carbons (Fsp3) is 0.357. The van der Waals surface area contributed by atoms with Gasteiger partial charge in [0, 0.05) is 28.0 Å². The third kappa shape index (κ3) is 5.00. The Hall–Kier alpha value is -1.08. The van der Waals surface area contributed by atoms with Gasteiger partial charge in [-0.2, -0.15) is 0 Å². The van der Waals surface area contributed by atoms with Gasteiger partial charge in [-0.1, -0.05) is 22.0 Å². The van der Waals surface area contributed by atoms with E-state index in [2.05, 4.69) is 26.2 Å². The molecule has 0 saturated carbocycles. The smallest absolute Gasteiger partial charge is 0.267 e. The molecular formula is C14H20BrClN4O. The van der Waals surface area contributed by atoms with E-state index in [1.54, 1.807) is 0 Å². The van der Waals surface area contributed by atoms with E-state index in [0.29, 0.717) is 18.8 Å². The van der Waals surface area contributed by atoms with Crippen LogP contribution in [-0.2, 0) is 0 Å². The summed E-state index contributed by atoms with van der Waals surface area (Å²) < 4.78 is 0.975. The van der Waals surface area contributed by atoms with Crippen molar-refractivity contribution in [2.75, 3.05) is 13.1 Å². The molecule has 1 unspecified atom stereocenters. The average Bonchev–Trinajstić information content (AvgIpc) is 2.85. The van der Waals surface area contributed by atoms with Gasteiger partial charge in [0.25, 0.3) is 5.91 Å². The van der Waals surface area contributed by atoms with Crippen molar-refractivity contribution in [3.8, 4) is 0 Å². The molecule has 0 spiro atoms. The number of carbonyl (C=O) groups is 1. The second-order valence-electron chi connectivity index (χ2n) is 4.82. The van der Waals surface area contributed by atoms with Gasteiger partial charge in [0.05, 0.1) is 0 Å². The van der Waals surface area contributed by atoms with Crippen molar-refractivity contribution in [3.63, 3.8) is 0 Å². The van der Waals surface area contributed by atoms with Gasteiger partial charge in [-0.3, -0.25) is 4.79 Å². The average molecular weight is 376 g/mol. The molecule has 5 nitrogen and oxygen atoms in total. The molecule has 21 heavy (non-hydrogen) atoms. The van der Waals surface area contributed by atoms with Gasteiger partial charge in [0.1, 0.15) is 5.69 Å². The van der Waals surface area contributed by atoms with E-state index in [9.17, 15) is 4.79 Å². The third-order valence-corrected chi connectivity index (χ3v) is 3.63. The second kappa shape index (κ2) is 8.38. The predicted octanol–water partition coefficient (Wildman–Crippen LogP) is 2.15. The lowest BCUT2D eigenvalue weighted by Gasteiger charge is -2.11. The molecule has 0 aliphatic rings. The number of fused-ring (bicyclic) bond motifs is 1. The largest absolute Gasteiger partial charge is 0.350 e. The summed E-state index contributed by atoms with van der Waals surface area (Å²) in [5.74, 6) is -0.138.